The van der Waals surface area contributed by atoms with Crippen LogP contribution in [0.25, 0.3) is 88.8 Å². The first-order valence-electron chi connectivity index (χ1n) is 15.0. The van der Waals surface area contributed by atoms with E-state index in [4.69, 9.17) is 19.4 Å². The Morgan fingerprint density at radius 3 is 1.71 bits per heavy atom. The summed E-state index contributed by atoms with van der Waals surface area (Å²) in [6.45, 7) is 0. The number of fused-ring (bicyclic) bond motifs is 7. The molecule has 0 fully saturated rings. The van der Waals surface area contributed by atoms with E-state index < -0.39 is 0 Å². The Labute approximate surface area is 259 Å². The summed E-state index contributed by atoms with van der Waals surface area (Å²) in [4.78, 5) is 14.8. The molecule has 2 heterocycles. The van der Waals surface area contributed by atoms with Crippen molar-refractivity contribution < 1.29 is 4.42 Å². The highest BCUT2D eigenvalue weighted by molar-refractivity contribution is 6.24. The average Bonchev–Trinajstić information content (AvgIpc) is 3.51. The summed E-state index contributed by atoms with van der Waals surface area (Å²) in [5.41, 5.74) is 6.78. The lowest BCUT2D eigenvalue weighted by atomic mass is 9.95. The van der Waals surface area contributed by atoms with Gasteiger partial charge in [-0.05, 0) is 45.5 Å². The fourth-order valence-electron chi connectivity index (χ4n) is 6.38. The standard InChI is InChI=1S/C41H25N3O/c1-3-12-28(13-4-1)39-42-40(29-14-5-2-6-15-29)44-41(43-39)31-17-9-16-30(25-31)33-19-10-20-35-37(33)34-24-23-27-22-21-26-11-7-8-18-32(26)36(27)38(34)45-35/h1-25H. The van der Waals surface area contributed by atoms with E-state index in [-0.39, 0.29) is 0 Å². The van der Waals surface area contributed by atoms with Crippen LogP contribution in [0.4, 0.5) is 0 Å². The topological polar surface area (TPSA) is 51.8 Å². The molecule has 0 bridgehead atoms. The van der Waals surface area contributed by atoms with Crippen molar-refractivity contribution in [3.8, 4) is 45.3 Å². The molecule has 45 heavy (non-hydrogen) atoms. The van der Waals surface area contributed by atoms with Crippen molar-refractivity contribution >= 4 is 43.5 Å². The molecule has 7 aromatic carbocycles. The van der Waals surface area contributed by atoms with E-state index >= 15 is 0 Å². The molecule has 0 saturated carbocycles. The maximum absolute atomic E-state index is 6.65. The summed E-state index contributed by atoms with van der Waals surface area (Å²) >= 11 is 0. The van der Waals surface area contributed by atoms with Crippen molar-refractivity contribution in [3.63, 3.8) is 0 Å². The summed E-state index contributed by atoms with van der Waals surface area (Å²) < 4.78 is 6.65. The van der Waals surface area contributed by atoms with Crippen LogP contribution in [0.3, 0.4) is 0 Å². The zero-order chi connectivity index (χ0) is 29.7. The Bertz CT molecular complexity index is 2480. The van der Waals surface area contributed by atoms with Gasteiger partial charge in [0.2, 0.25) is 0 Å². The van der Waals surface area contributed by atoms with Crippen LogP contribution in [-0.4, -0.2) is 15.0 Å². The zero-order valence-electron chi connectivity index (χ0n) is 24.2. The first-order valence-corrected chi connectivity index (χ1v) is 15.0. The fraction of sp³-hybridized carbons (Fsp3) is 0. The molecule has 0 aliphatic rings. The predicted octanol–water partition coefficient (Wildman–Crippen LogP) is 10.7. The molecule has 9 rings (SSSR count). The minimum atomic E-state index is 0.631. The van der Waals surface area contributed by atoms with Crippen LogP contribution in [-0.2, 0) is 0 Å². The Morgan fingerprint density at radius 2 is 0.956 bits per heavy atom. The van der Waals surface area contributed by atoms with Crippen LogP contribution in [0.15, 0.2) is 156 Å². The van der Waals surface area contributed by atoms with Crippen molar-refractivity contribution in [3.05, 3.63) is 152 Å². The molecule has 0 radical (unpaired) electrons. The molecule has 4 nitrogen and oxygen atoms in total. The highest BCUT2D eigenvalue weighted by atomic mass is 16.3. The van der Waals surface area contributed by atoms with Crippen LogP contribution in [0, 0.1) is 0 Å². The summed E-state index contributed by atoms with van der Waals surface area (Å²) in [6.07, 6.45) is 0. The highest BCUT2D eigenvalue weighted by Crippen LogP contribution is 2.42. The minimum absolute atomic E-state index is 0.631. The van der Waals surface area contributed by atoms with Crippen LogP contribution in [0.1, 0.15) is 0 Å². The summed E-state index contributed by atoms with van der Waals surface area (Å²) in [7, 11) is 0. The molecule has 0 amide bonds. The second-order valence-electron chi connectivity index (χ2n) is 11.2. The maximum Gasteiger partial charge on any atom is 0.164 e. The van der Waals surface area contributed by atoms with Gasteiger partial charge in [0.25, 0.3) is 0 Å². The highest BCUT2D eigenvalue weighted by Gasteiger charge is 2.17. The molecule has 0 spiro atoms. The molecule has 9 aromatic rings. The Hall–Kier alpha value is -6.13. The number of furan rings is 1. The molecule has 0 aliphatic heterocycles. The van der Waals surface area contributed by atoms with Crippen LogP contribution >= 0.6 is 0 Å². The third kappa shape index (κ3) is 4.27. The minimum Gasteiger partial charge on any atom is -0.455 e. The molecular weight excluding hydrogens is 550 g/mol. The number of rotatable bonds is 4. The number of benzene rings is 7. The number of hydrogen-bond acceptors (Lipinski definition) is 4. The van der Waals surface area contributed by atoms with Crippen molar-refractivity contribution in [2.45, 2.75) is 0 Å². The van der Waals surface area contributed by atoms with E-state index in [1.807, 2.05) is 60.7 Å². The smallest absolute Gasteiger partial charge is 0.164 e. The molecule has 0 N–H and O–H groups in total. The van der Waals surface area contributed by atoms with Crippen molar-refractivity contribution in [2.75, 3.05) is 0 Å². The molecular formula is C41H25N3O. The van der Waals surface area contributed by atoms with Crippen LogP contribution in [0.5, 0.6) is 0 Å². The largest absolute Gasteiger partial charge is 0.455 e. The first kappa shape index (κ1) is 25.4. The van der Waals surface area contributed by atoms with Gasteiger partial charge in [0.1, 0.15) is 11.2 Å². The molecule has 2 aromatic heterocycles. The Balaban J connectivity index is 1.24. The third-order valence-corrected chi connectivity index (χ3v) is 8.50. The van der Waals surface area contributed by atoms with Crippen molar-refractivity contribution in [1.29, 1.82) is 0 Å². The van der Waals surface area contributed by atoms with Gasteiger partial charge in [-0.15, -0.1) is 0 Å². The van der Waals surface area contributed by atoms with E-state index in [0.717, 1.165) is 55.1 Å². The second kappa shape index (κ2) is 10.2. The molecule has 0 unspecified atom stereocenters. The van der Waals surface area contributed by atoms with Gasteiger partial charge in [0.15, 0.2) is 17.5 Å². The first-order chi connectivity index (χ1) is 22.3. The van der Waals surface area contributed by atoms with E-state index in [2.05, 4.69) is 91.0 Å². The third-order valence-electron chi connectivity index (χ3n) is 8.50. The van der Waals surface area contributed by atoms with Gasteiger partial charge in [-0.2, -0.15) is 0 Å². The Morgan fingerprint density at radius 1 is 0.378 bits per heavy atom. The predicted molar refractivity (Wildman–Crippen MR) is 184 cm³/mol. The number of hydrogen-bond donors (Lipinski definition) is 0. The lowest BCUT2D eigenvalue weighted by Gasteiger charge is -2.10. The Kier molecular flexibility index (Phi) is 5.78. The number of nitrogens with zero attached hydrogens (tertiary/aromatic N) is 3. The molecule has 210 valence electrons. The van der Waals surface area contributed by atoms with Gasteiger partial charge in [-0.3, -0.25) is 0 Å². The van der Waals surface area contributed by atoms with Gasteiger partial charge < -0.3 is 4.42 Å². The zero-order valence-corrected chi connectivity index (χ0v) is 24.2. The summed E-state index contributed by atoms with van der Waals surface area (Å²) in [5, 5.41) is 6.92. The summed E-state index contributed by atoms with van der Waals surface area (Å²) in [5.74, 6) is 1.92. The molecule has 0 saturated heterocycles. The molecule has 0 aliphatic carbocycles. The normalized spacial score (nSPS) is 11.6. The van der Waals surface area contributed by atoms with Crippen LogP contribution < -0.4 is 0 Å². The monoisotopic (exact) mass is 575 g/mol. The van der Waals surface area contributed by atoms with E-state index in [0.29, 0.717) is 17.5 Å². The van der Waals surface area contributed by atoms with E-state index in [1.165, 1.54) is 16.2 Å². The van der Waals surface area contributed by atoms with Gasteiger partial charge >= 0.3 is 0 Å². The number of aromatic nitrogens is 3. The SMILES string of the molecule is c1ccc(-c2nc(-c3ccccc3)nc(-c3cccc(-c4cccc5oc6c(ccc7ccc8ccccc8c76)c45)c3)n2)cc1. The molecule has 0 atom stereocenters. The average molecular weight is 576 g/mol. The lowest BCUT2D eigenvalue weighted by Crippen LogP contribution is -2.00. The quantitative estimate of drug-likeness (QED) is 0.196. The van der Waals surface area contributed by atoms with Gasteiger partial charge in [-0.1, -0.05) is 133 Å². The van der Waals surface area contributed by atoms with Gasteiger partial charge in [0, 0.05) is 32.8 Å². The van der Waals surface area contributed by atoms with Crippen molar-refractivity contribution in [1.82, 2.24) is 15.0 Å². The second-order valence-corrected chi connectivity index (χ2v) is 11.2. The van der Waals surface area contributed by atoms with Gasteiger partial charge in [0.05, 0.1) is 0 Å². The van der Waals surface area contributed by atoms with Gasteiger partial charge in [-0.25, -0.2) is 15.0 Å². The van der Waals surface area contributed by atoms with Crippen LogP contribution in [0.2, 0.25) is 0 Å². The lowest BCUT2D eigenvalue weighted by molar-refractivity contribution is 0.673. The molecule has 4 heteroatoms. The van der Waals surface area contributed by atoms with Crippen molar-refractivity contribution in [2.24, 2.45) is 0 Å². The fourth-order valence-corrected chi connectivity index (χ4v) is 6.38. The maximum atomic E-state index is 6.65. The van der Waals surface area contributed by atoms with E-state index in [1.54, 1.807) is 0 Å². The van der Waals surface area contributed by atoms with E-state index in [9.17, 15) is 0 Å². The summed E-state index contributed by atoms with van der Waals surface area (Å²) in [6, 6.07) is 52.1.